The first-order valence-electron chi connectivity index (χ1n) is 7.98. The Bertz CT molecular complexity index is 859. The molecular formula is C19H18BrN3O2. The fourth-order valence-electron chi connectivity index (χ4n) is 2.52. The number of halogens is 1. The number of hydrogen-bond donors (Lipinski definition) is 1. The molecule has 2 aromatic rings. The van der Waals surface area contributed by atoms with E-state index in [-0.39, 0.29) is 18.2 Å². The summed E-state index contributed by atoms with van der Waals surface area (Å²) in [5.41, 5.74) is 3.87. The van der Waals surface area contributed by atoms with Gasteiger partial charge in [-0.1, -0.05) is 23.8 Å². The molecule has 1 N–H and O–H groups in total. The number of carbonyl (C=O) groups is 2. The third-order valence-corrected chi connectivity index (χ3v) is 4.60. The number of anilines is 2. The summed E-state index contributed by atoms with van der Waals surface area (Å²) >= 11 is 3.45. The molecule has 1 aliphatic rings. The van der Waals surface area contributed by atoms with Crippen molar-refractivity contribution >= 4 is 44.8 Å². The maximum absolute atomic E-state index is 12.5. The van der Waals surface area contributed by atoms with Gasteiger partial charge in [0.2, 0.25) is 5.91 Å². The van der Waals surface area contributed by atoms with Crippen molar-refractivity contribution in [1.82, 2.24) is 0 Å². The Hall–Kier alpha value is -2.47. The topological polar surface area (TPSA) is 61.8 Å². The standard InChI is InChI=1S/C19H18BrN3O2/c1-12-3-6-14(7-4-12)23-18(24)10-9-17(22-23)19(25)21-16-8-5-13(2)11-15(16)20/h3-8,11H,9-10H2,1-2H3,(H,21,25). The summed E-state index contributed by atoms with van der Waals surface area (Å²) in [5, 5.41) is 8.44. The Kier molecular flexibility index (Phi) is 4.99. The SMILES string of the molecule is Cc1ccc(N2N=C(C(=O)Nc3ccc(C)cc3Br)CCC2=O)cc1. The average Bonchev–Trinajstić information content (AvgIpc) is 2.58. The van der Waals surface area contributed by atoms with Gasteiger partial charge in [-0.15, -0.1) is 0 Å². The summed E-state index contributed by atoms with van der Waals surface area (Å²) in [5.74, 6) is -0.411. The lowest BCUT2D eigenvalue weighted by Crippen LogP contribution is -2.36. The first-order valence-corrected chi connectivity index (χ1v) is 8.78. The molecule has 0 aliphatic carbocycles. The molecule has 1 aliphatic heterocycles. The van der Waals surface area contributed by atoms with Crippen molar-refractivity contribution in [2.45, 2.75) is 26.7 Å². The number of aryl methyl sites for hydroxylation is 2. The molecule has 25 heavy (non-hydrogen) atoms. The van der Waals surface area contributed by atoms with Gasteiger partial charge in [0.05, 0.1) is 11.4 Å². The smallest absolute Gasteiger partial charge is 0.271 e. The lowest BCUT2D eigenvalue weighted by atomic mass is 10.1. The summed E-state index contributed by atoms with van der Waals surface area (Å²) in [6.07, 6.45) is 0.589. The predicted molar refractivity (Wildman–Crippen MR) is 103 cm³/mol. The van der Waals surface area contributed by atoms with Gasteiger partial charge in [-0.25, -0.2) is 5.01 Å². The van der Waals surface area contributed by atoms with Crippen molar-refractivity contribution < 1.29 is 9.59 Å². The number of benzene rings is 2. The zero-order valence-electron chi connectivity index (χ0n) is 14.0. The first-order chi connectivity index (χ1) is 11.9. The van der Waals surface area contributed by atoms with Crippen LogP contribution in [0.2, 0.25) is 0 Å². The van der Waals surface area contributed by atoms with Crippen molar-refractivity contribution in [3.63, 3.8) is 0 Å². The number of hydrogen-bond acceptors (Lipinski definition) is 3. The Morgan fingerprint density at radius 2 is 1.76 bits per heavy atom. The van der Waals surface area contributed by atoms with E-state index in [1.165, 1.54) is 5.01 Å². The maximum Gasteiger partial charge on any atom is 0.271 e. The van der Waals surface area contributed by atoms with Crippen LogP contribution in [0.3, 0.4) is 0 Å². The molecule has 0 aromatic heterocycles. The van der Waals surface area contributed by atoms with Crippen molar-refractivity contribution in [2.24, 2.45) is 5.10 Å². The minimum atomic E-state index is -0.297. The highest BCUT2D eigenvalue weighted by molar-refractivity contribution is 9.10. The van der Waals surface area contributed by atoms with E-state index in [1.54, 1.807) is 0 Å². The molecule has 0 unspecified atom stereocenters. The van der Waals surface area contributed by atoms with Gasteiger partial charge < -0.3 is 5.32 Å². The number of nitrogens with one attached hydrogen (secondary N) is 1. The van der Waals surface area contributed by atoms with Crippen LogP contribution in [0, 0.1) is 13.8 Å². The molecule has 0 saturated carbocycles. The molecule has 0 bridgehead atoms. The highest BCUT2D eigenvalue weighted by Gasteiger charge is 2.25. The number of nitrogens with zero attached hydrogens (tertiary/aromatic N) is 2. The van der Waals surface area contributed by atoms with E-state index in [4.69, 9.17) is 0 Å². The third-order valence-electron chi connectivity index (χ3n) is 3.95. The van der Waals surface area contributed by atoms with Crippen LogP contribution in [-0.4, -0.2) is 17.5 Å². The van der Waals surface area contributed by atoms with Crippen LogP contribution in [0.25, 0.3) is 0 Å². The minimum absolute atomic E-state index is 0.114. The van der Waals surface area contributed by atoms with Gasteiger partial charge in [-0.05, 0) is 59.6 Å². The Morgan fingerprint density at radius 1 is 1.08 bits per heavy atom. The molecule has 2 amide bonds. The van der Waals surface area contributed by atoms with Crippen LogP contribution in [0.15, 0.2) is 52.0 Å². The molecule has 0 spiro atoms. The Labute approximate surface area is 154 Å². The highest BCUT2D eigenvalue weighted by atomic mass is 79.9. The van der Waals surface area contributed by atoms with Crippen molar-refractivity contribution in [3.8, 4) is 0 Å². The predicted octanol–water partition coefficient (Wildman–Crippen LogP) is 4.19. The van der Waals surface area contributed by atoms with Gasteiger partial charge >= 0.3 is 0 Å². The second-order valence-electron chi connectivity index (χ2n) is 6.03. The molecule has 3 rings (SSSR count). The second-order valence-corrected chi connectivity index (χ2v) is 6.88. The number of carbonyl (C=O) groups excluding carboxylic acids is 2. The molecule has 5 nitrogen and oxygen atoms in total. The molecule has 2 aromatic carbocycles. The van der Waals surface area contributed by atoms with Crippen molar-refractivity contribution in [2.75, 3.05) is 10.3 Å². The highest BCUT2D eigenvalue weighted by Crippen LogP contribution is 2.25. The van der Waals surface area contributed by atoms with Crippen LogP contribution >= 0.6 is 15.9 Å². The lowest BCUT2D eigenvalue weighted by molar-refractivity contribution is -0.118. The van der Waals surface area contributed by atoms with Crippen LogP contribution in [0.1, 0.15) is 24.0 Å². The quantitative estimate of drug-likeness (QED) is 0.840. The monoisotopic (exact) mass is 399 g/mol. The van der Waals surface area contributed by atoms with Crippen LogP contribution in [-0.2, 0) is 9.59 Å². The van der Waals surface area contributed by atoms with Crippen LogP contribution < -0.4 is 10.3 Å². The van der Waals surface area contributed by atoms with E-state index < -0.39 is 0 Å². The summed E-state index contributed by atoms with van der Waals surface area (Å²) in [7, 11) is 0. The third kappa shape index (κ3) is 3.96. The Balaban J connectivity index is 1.83. The largest absolute Gasteiger partial charge is 0.320 e. The number of rotatable bonds is 3. The molecule has 128 valence electrons. The Morgan fingerprint density at radius 3 is 2.44 bits per heavy atom. The van der Waals surface area contributed by atoms with Gasteiger partial charge in [0.25, 0.3) is 5.91 Å². The van der Waals surface area contributed by atoms with Gasteiger partial charge in [-0.2, -0.15) is 5.10 Å². The molecule has 1 heterocycles. The molecule has 0 atom stereocenters. The number of hydrazone groups is 1. The summed E-state index contributed by atoms with van der Waals surface area (Å²) < 4.78 is 0.809. The average molecular weight is 400 g/mol. The van der Waals surface area contributed by atoms with Gasteiger partial charge in [0.1, 0.15) is 5.71 Å². The maximum atomic E-state index is 12.5. The molecule has 0 saturated heterocycles. The lowest BCUT2D eigenvalue weighted by Gasteiger charge is -2.23. The summed E-state index contributed by atoms with van der Waals surface area (Å²) in [6.45, 7) is 3.95. The summed E-state index contributed by atoms with van der Waals surface area (Å²) in [4.78, 5) is 24.7. The van der Waals surface area contributed by atoms with Gasteiger partial charge in [0.15, 0.2) is 0 Å². The van der Waals surface area contributed by atoms with E-state index in [2.05, 4.69) is 26.3 Å². The fraction of sp³-hybridized carbons (Fsp3) is 0.211. The van der Waals surface area contributed by atoms with E-state index in [1.807, 2.05) is 56.3 Å². The molecule has 6 heteroatoms. The van der Waals surface area contributed by atoms with E-state index in [9.17, 15) is 9.59 Å². The first kappa shape index (κ1) is 17.4. The molecular weight excluding hydrogens is 382 g/mol. The fourth-order valence-corrected chi connectivity index (χ4v) is 3.11. The summed E-state index contributed by atoms with van der Waals surface area (Å²) in [6, 6.07) is 13.2. The van der Waals surface area contributed by atoms with E-state index in [0.29, 0.717) is 23.5 Å². The molecule has 0 radical (unpaired) electrons. The van der Waals surface area contributed by atoms with E-state index >= 15 is 0 Å². The minimum Gasteiger partial charge on any atom is -0.320 e. The van der Waals surface area contributed by atoms with Gasteiger partial charge in [0, 0.05) is 17.3 Å². The molecule has 0 fully saturated rings. The number of amides is 2. The van der Waals surface area contributed by atoms with Crippen molar-refractivity contribution in [1.29, 1.82) is 0 Å². The van der Waals surface area contributed by atoms with Crippen LogP contribution in [0.5, 0.6) is 0 Å². The zero-order valence-corrected chi connectivity index (χ0v) is 15.6. The van der Waals surface area contributed by atoms with E-state index in [0.717, 1.165) is 15.6 Å². The van der Waals surface area contributed by atoms with Crippen molar-refractivity contribution in [3.05, 3.63) is 58.1 Å². The van der Waals surface area contributed by atoms with Gasteiger partial charge in [-0.3, -0.25) is 9.59 Å². The second kappa shape index (κ2) is 7.19. The normalized spacial score (nSPS) is 14.3. The zero-order chi connectivity index (χ0) is 18.0. The van der Waals surface area contributed by atoms with Crippen LogP contribution in [0.4, 0.5) is 11.4 Å².